The summed E-state index contributed by atoms with van der Waals surface area (Å²) in [5, 5.41) is 2.79. The van der Waals surface area contributed by atoms with Gasteiger partial charge in [0, 0.05) is 10.9 Å². The smallest absolute Gasteiger partial charge is 0.233 e. The highest BCUT2D eigenvalue weighted by molar-refractivity contribution is 8.00. The van der Waals surface area contributed by atoms with E-state index in [0.717, 1.165) is 10.6 Å². The van der Waals surface area contributed by atoms with Gasteiger partial charge in [0.05, 0.1) is 12.4 Å². The Balaban J connectivity index is 2.60. The fourth-order valence-corrected chi connectivity index (χ4v) is 2.26. The standard InChI is InChI=1S/C13H19NO2S/c1-9(2)14-13(15)10(3)17-12-7-5-6-11(8-12)16-4/h5-10H,1-4H3,(H,14,15)/t10-/m0/s1. The average molecular weight is 253 g/mol. The molecule has 4 heteroatoms. The molecule has 0 unspecified atom stereocenters. The minimum absolute atomic E-state index is 0.0628. The van der Waals surface area contributed by atoms with Crippen molar-refractivity contribution in [1.82, 2.24) is 5.32 Å². The van der Waals surface area contributed by atoms with E-state index < -0.39 is 0 Å². The molecule has 1 amide bonds. The molecule has 0 saturated heterocycles. The number of carbonyl (C=O) groups excluding carboxylic acids is 1. The highest BCUT2D eigenvalue weighted by Crippen LogP contribution is 2.26. The van der Waals surface area contributed by atoms with Gasteiger partial charge in [-0.25, -0.2) is 0 Å². The molecule has 1 aromatic rings. The SMILES string of the molecule is COc1cccc(S[C@@H](C)C(=O)NC(C)C)c1. The molecule has 1 aromatic carbocycles. The Morgan fingerprint density at radius 1 is 1.35 bits per heavy atom. The minimum Gasteiger partial charge on any atom is -0.497 e. The van der Waals surface area contributed by atoms with E-state index in [2.05, 4.69) is 5.32 Å². The van der Waals surface area contributed by atoms with Gasteiger partial charge >= 0.3 is 0 Å². The number of carbonyl (C=O) groups is 1. The molecule has 0 bridgehead atoms. The Labute approximate surface area is 107 Å². The summed E-state index contributed by atoms with van der Waals surface area (Å²) in [7, 11) is 1.64. The van der Waals surface area contributed by atoms with Crippen LogP contribution in [-0.2, 0) is 4.79 Å². The van der Waals surface area contributed by atoms with Crippen molar-refractivity contribution in [3.8, 4) is 5.75 Å². The molecule has 1 rings (SSSR count). The predicted molar refractivity (Wildman–Crippen MR) is 71.6 cm³/mol. The van der Waals surface area contributed by atoms with Crippen LogP contribution < -0.4 is 10.1 Å². The first-order valence-corrected chi connectivity index (χ1v) is 6.52. The van der Waals surface area contributed by atoms with E-state index in [4.69, 9.17) is 4.74 Å². The molecule has 0 fully saturated rings. The van der Waals surface area contributed by atoms with E-state index in [1.807, 2.05) is 45.0 Å². The fraction of sp³-hybridized carbons (Fsp3) is 0.462. The van der Waals surface area contributed by atoms with Gasteiger partial charge in [-0.3, -0.25) is 4.79 Å². The van der Waals surface area contributed by atoms with Crippen molar-refractivity contribution in [2.24, 2.45) is 0 Å². The lowest BCUT2D eigenvalue weighted by Gasteiger charge is -2.14. The highest BCUT2D eigenvalue weighted by atomic mass is 32.2. The van der Waals surface area contributed by atoms with Crippen molar-refractivity contribution in [1.29, 1.82) is 0 Å². The zero-order valence-corrected chi connectivity index (χ0v) is 11.5. The van der Waals surface area contributed by atoms with Gasteiger partial charge in [0.2, 0.25) is 5.91 Å². The summed E-state index contributed by atoms with van der Waals surface area (Å²) in [5.74, 6) is 0.874. The topological polar surface area (TPSA) is 38.3 Å². The number of hydrogen-bond acceptors (Lipinski definition) is 3. The maximum absolute atomic E-state index is 11.7. The van der Waals surface area contributed by atoms with Crippen molar-refractivity contribution in [2.45, 2.75) is 37.0 Å². The van der Waals surface area contributed by atoms with E-state index in [1.54, 1.807) is 7.11 Å². The van der Waals surface area contributed by atoms with E-state index >= 15 is 0 Å². The quantitative estimate of drug-likeness (QED) is 0.820. The summed E-state index contributed by atoms with van der Waals surface area (Å²) < 4.78 is 5.15. The van der Waals surface area contributed by atoms with Gasteiger partial charge in [-0.05, 0) is 39.0 Å². The molecule has 0 saturated carbocycles. The van der Waals surface area contributed by atoms with Crippen molar-refractivity contribution in [3.05, 3.63) is 24.3 Å². The van der Waals surface area contributed by atoms with Gasteiger partial charge in [0.15, 0.2) is 0 Å². The third-order valence-electron chi connectivity index (χ3n) is 2.15. The van der Waals surface area contributed by atoms with Crippen LogP contribution in [0.25, 0.3) is 0 Å². The lowest BCUT2D eigenvalue weighted by molar-refractivity contribution is -0.120. The molecule has 0 aliphatic carbocycles. The van der Waals surface area contributed by atoms with Crippen molar-refractivity contribution in [2.75, 3.05) is 7.11 Å². The summed E-state index contributed by atoms with van der Waals surface area (Å²) in [5.41, 5.74) is 0. The number of nitrogens with one attached hydrogen (secondary N) is 1. The molecule has 0 heterocycles. The van der Waals surface area contributed by atoms with Crippen LogP contribution in [0, 0.1) is 0 Å². The van der Waals surface area contributed by atoms with Crippen LogP contribution in [0.1, 0.15) is 20.8 Å². The summed E-state index contributed by atoms with van der Waals surface area (Å²) in [6.45, 7) is 5.82. The van der Waals surface area contributed by atoms with Crippen molar-refractivity contribution in [3.63, 3.8) is 0 Å². The molecular formula is C13H19NO2S. The Bertz CT molecular complexity index is 379. The summed E-state index contributed by atoms with van der Waals surface area (Å²) in [4.78, 5) is 12.8. The second kappa shape index (κ2) is 6.55. The maximum Gasteiger partial charge on any atom is 0.233 e. The number of ether oxygens (including phenoxy) is 1. The average Bonchev–Trinajstić information content (AvgIpc) is 2.28. The molecule has 0 spiro atoms. The molecule has 17 heavy (non-hydrogen) atoms. The molecule has 1 atom stereocenters. The van der Waals surface area contributed by atoms with Crippen LogP contribution in [0.2, 0.25) is 0 Å². The lowest BCUT2D eigenvalue weighted by atomic mass is 10.3. The monoisotopic (exact) mass is 253 g/mol. The zero-order valence-electron chi connectivity index (χ0n) is 10.7. The van der Waals surface area contributed by atoms with Crippen LogP contribution in [0.4, 0.5) is 0 Å². The van der Waals surface area contributed by atoms with Crippen molar-refractivity contribution < 1.29 is 9.53 Å². The van der Waals surface area contributed by atoms with Gasteiger partial charge in [-0.2, -0.15) is 0 Å². The fourth-order valence-electron chi connectivity index (χ4n) is 1.33. The predicted octanol–water partition coefficient (Wildman–Crippen LogP) is 2.70. The first-order chi connectivity index (χ1) is 8.02. The van der Waals surface area contributed by atoms with Crippen LogP contribution in [0.15, 0.2) is 29.2 Å². The molecule has 0 aliphatic heterocycles. The second-order valence-electron chi connectivity index (χ2n) is 4.10. The second-order valence-corrected chi connectivity index (χ2v) is 5.52. The van der Waals surface area contributed by atoms with Crippen LogP contribution in [0.5, 0.6) is 5.75 Å². The molecule has 0 radical (unpaired) electrons. The third-order valence-corrected chi connectivity index (χ3v) is 3.25. The van der Waals surface area contributed by atoms with E-state index in [9.17, 15) is 4.79 Å². The van der Waals surface area contributed by atoms with Gasteiger partial charge in [0.25, 0.3) is 0 Å². The first kappa shape index (κ1) is 13.9. The molecule has 1 N–H and O–H groups in total. The molecule has 0 aliphatic rings. The number of methoxy groups -OCH3 is 1. The Morgan fingerprint density at radius 2 is 2.06 bits per heavy atom. The Kier molecular flexibility index (Phi) is 5.35. The van der Waals surface area contributed by atoms with E-state index in [0.29, 0.717) is 0 Å². The largest absolute Gasteiger partial charge is 0.497 e. The van der Waals surface area contributed by atoms with Crippen molar-refractivity contribution >= 4 is 17.7 Å². The minimum atomic E-state index is -0.107. The zero-order chi connectivity index (χ0) is 12.8. The number of amides is 1. The number of benzene rings is 1. The van der Waals surface area contributed by atoms with Gasteiger partial charge in [0.1, 0.15) is 5.75 Å². The summed E-state index contributed by atoms with van der Waals surface area (Å²) in [6.07, 6.45) is 0. The lowest BCUT2D eigenvalue weighted by Crippen LogP contribution is -2.35. The number of hydrogen-bond donors (Lipinski definition) is 1. The summed E-state index contributed by atoms with van der Waals surface area (Å²) >= 11 is 1.53. The molecular weight excluding hydrogens is 234 g/mol. The summed E-state index contributed by atoms with van der Waals surface area (Å²) in [6, 6.07) is 7.91. The number of rotatable bonds is 5. The van der Waals surface area contributed by atoms with Gasteiger partial charge in [-0.15, -0.1) is 11.8 Å². The Morgan fingerprint density at radius 3 is 2.65 bits per heavy atom. The van der Waals surface area contributed by atoms with E-state index in [-0.39, 0.29) is 17.2 Å². The van der Waals surface area contributed by atoms with E-state index in [1.165, 1.54) is 11.8 Å². The van der Waals surface area contributed by atoms with Gasteiger partial charge < -0.3 is 10.1 Å². The maximum atomic E-state index is 11.7. The highest BCUT2D eigenvalue weighted by Gasteiger charge is 2.15. The first-order valence-electron chi connectivity index (χ1n) is 5.64. The van der Waals surface area contributed by atoms with Crippen LogP contribution in [-0.4, -0.2) is 24.3 Å². The van der Waals surface area contributed by atoms with Crippen LogP contribution in [0.3, 0.4) is 0 Å². The molecule has 0 aromatic heterocycles. The van der Waals surface area contributed by atoms with Crippen LogP contribution >= 0.6 is 11.8 Å². The third kappa shape index (κ3) is 4.69. The number of thioether (sulfide) groups is 1. The normalized spacial score (nSPS) is 12.3. The Hall–Kier alpha value is -1.16. The molecule has 3 nitrogen and oxygen atoms in total. The van der Waals surface area contributed by atoms with Gasteiger partial charge in [-0.1, -0.05) is 6.07 Å². The molecule has 94 valence electrons.